The van der Waals surface area contributed by atoms with Crippen LogP contribution in [0.4, 0.5) is 4.39 Å². The van der Waals surface area contributed by atoms with Crippen molar-refractivity contribution in [1.82, 2.24) is 0 Å². The lowest BCUT2D eigenvalue weighted by molar-refractivity contribution is 0.0942. The van der Waals surface area contributed by atoms with E-state index in [0.717, 1.165) is 12.8 Å². The highest BCUT2D eigenvalue weighted by Gasteiger charge is 2.32. The molecule has 0 radical (unpaired) electrons. The SMILES string of the molecule is O=C(c1cc2ccc(Cl)c(F)c2o1)C1CC1. The molecule has 2 aromatic rings. The predicted octanol–water partition coefficient (Wildman–Crippen LogP) is 3.82. The van der Waals surface area contributed by atoms with Gasteiger partial charge >= 0.3 is 0 Å². The molecule has 82 valence electrons. The fourth-order valence-electron chi connectivity index (χ4n) is 1.71. The number of halogens is 2. The van der Waals surface area contributed by atoms with Crippen LogP contribution in [-0.2, 0) is 0 Å². The van der Waals surface area contributed by atoms with E-state index in [1.54, 1.807) is 12.1 Å². The van der Waals surface area contributed by atoms with Gasteiger partial charge in [-0.05, 0) is 31.0 Å². The molecule has 16 heavy (non-hydrogen) atoms. The Labute approximate surface area is 96.0 Å². The number of carbonyl (C=O) groups is 1. The summed E-state index contributed by atoms with van der Waals surface area (Å²) in [7, 11) is 0. The van der Waals surface area contributed by atoms with Gasteiger partial charge in [-0.1, -0.05) is 11.6 Å². The molecular formula is C12H8ClFO2. The Hall–Kier alpha value is -1.35. The Balaban J connectivity index is 2.15. The molecule has 0 atom stereocenters. The summed E-state index contributed by atoms with van der Waals surface area (Å²) in [5.41, 5.74) is 0.0662. The van der Waals surface area contributed by atoms with Crippen LogP contribution >= 0.6 is 11.6 Å². The molecule has 0 bridgehead atoms. The smallest absolute Gasteiger partial charge is 0.201 e. The van der Waals surface area contributed by atoms with Crippen molar-refractivity contribution in [2.75, 3.05) is 0 Å². The van der Waals surface area contributed by atoms with Crippen molar-refractivity contribution < 1.29 is 13.6 Å². The minimum Gasteiger partial charge on any atom is -0.450 e. The zero-order valence-corrected chi connectivity index (χ0v) is 9.05. The Morgan fingerprint density at radius 1 is 1.44 bits per heavy atom. The highest BCUT2D eigenvalue weighted by molar-refractivity contribution is 6.31. The maximum Gasteiger partial charge on any atom is 0.201 e. The van der Waals surface area contributed by atoms with E-state index in [2.05, 4.69) is 0 Å². The van der Waals surface area contributed by atoms with Gasteiger partial charge in [0.15, 0.2) is 17.2 Å². The summed E-state index contributed by atoms with van der Waals surface area (Å²) in [5.74, 6) is -0.335. The minimum atomic E-state index is -0.603. The van der Waals surface area contributed by atoms with Gasteiger partial charge in [0, 0.05) is 11.3 Å². The van der Waals surface area contributed by atoms with Gasteiger partial charge in [-0.15, -0.1) is 0 Å². The van der Waals surface area contributed by atoms with E-state index < -0.39 is 5.82 Å². The highest BCUT2D eigenvalue weighted by atomic mass is 35.5. The first-order valence-electron chi connectivity index (χ1n) is 5.08. The maximum absolute atomic E-state index is 13.6. The van der Waals surface area contributed by atoms with Crippen LogP contribution in [-0.4, -0.2) is 5.78 Å². The molecule has 0 saturated heterocycles. The molecule has 0 aliphatic heterocycles. The van der Waals surface area contributed by atoms with Gasteiger partial charge in [0.25, 0.3) is 0 Å². The molecule has 3 rings (SSSR count). The van der Waals surface area contributed by atoms with Crippen LogP contribution in [0.25, 0.3) is 11.0 Å². The van der Waals surface area contributed by atoms with Crippen molar-refractivity contribution in [1.29, 1.82) is 0 Å². The van der Waals surface area contributed by atoms with E-state index in [4.69, 9.17) is 16.0 Å². The zero-order valence-electron chi connectivity index (χ0n) is 8.30. The largest absolute Gasteiger partial charge is 0.450 e. The van der Waals surface area contributed by atoms with Crippen molar-refractivity contribution >= 4 is 28.4 Å². The minimum absolute atomic E-state index is 0.00673. The molecule has 2 nitrogen and oxygen atoms in total. The second-order valence-corrected chi connectivity index (χ2v) is 4.44. The quantitative estimate of drug-likeness (QED) is 0.745. The average Bonchev–Trinajstić information content (AvgIpc) is 3.02. The van der Waals surface area contributed by atoms with Crippen LogP contribution < -0.4 is 0 Å². The second-order valence-electron chi connectivity index (χ2n) is 4.03. The molecule has 1 fully saturated rings. The number of hydrogen-bond acceptors (Lipinski definition) is 2. The Morgan fingerprint density at radius 3 is 2.88 bits per heavy atom. The number of furan rings is 1. The molecule has 0 unspecified atom stereocenters. The summed E-state index contributed by atoms with van der Waals surface area (Å²) in [4.78, 5) is 11.7. The lowest BCUT2D eigenvalue weighted by atomic mass is 10.2. The standard InChI is InChI=1S/C12H8ClFO2/c13-8-4-3-7-5-9(11(15)6-1-2-6)16-12(7)10(8)14/h3-6H,1-2H2. The summed E-state index contributed by atoms with van der Waals surface area (Å²) in [6.45, 7) is 0. The van der Waals surface area contributed by atoms with Crippen LogP contribution in [0, 0.1) is 11.7 Å². The van der Waals surface area contributed by atoms with Gasteiger partial charge in [0.05, 0.1) is 5.02 Å². The summed E-state index contributed by atoms with van der Waals surface area (Å²) in [5, 5.41) is 0.582. The van der Waals surface area contributed by atoms with E-state index in [9.17, 15) is 9.18 Å². The maximum atomic E-state index is 13.6. The Morgan fingerprint density at radius 2 is 2.19 bits per heavy atom. The first-order chi connectivity index (χ1) is 7.66. The predicted molar refractivity (Wildman–Crippen MR) is 58.2 cm³/mol. The Bertz CT molecular complexity index is 584. The van der Waals surface area contributed by atoms with Crippen LogP contribution in [0.3, 0.4) is 0 Å². The lowest BCUT2D eigenvalue weighted by Crippen LogP contribution is -1.98. The topological polar surface area (TPSA) is 30.2 Å². The first kappa shape index (κ1) is 9.85. The fourth-order valence-corrected chi connectivity index (χ4v) is 1.86. The van der Waals surface area contributed by atoms with E-state index >= 15 is 0 Å². The summed E-state index contributed by atoms with van der Waals surface area (Å²) in [6.07, 6.45) is 1.80. The van der Waals surface area contributed by atoms with E-state index in [1.165, 1.54) is 6.07 Å². The second kappa shape index (κ2) is 3.32. The number of carbonyl (C=O) groups excluding carboxylic acids is 1. The molecule has 1 aliphatic rings. The molecule has 1 aromatic carbocycles. The fraction of sp³-hybridized carbons (Fsp3) is 0.250. The average molecular weight is 239 g/mol. The van der Waals surface area contributed by atoms with Crippen molar-refractivity contribution in [2.45, 2.75) is 12.8 Å². The lowest BCUT2D eigenvalue weighted by Gasteiger charge is -1.93. The normalized spacial score (nSPS) is 15.6. The van der Waals surface area contributed by atoms with Gasteiger partial charge < -0.3 is 4.42 Å². The Kier molecular flexibility index (Phi) is 2.04. The molecule has 1 heterocycles. The summed E-state index contributed by atoms with van der Waals surface area (Å²) in [6, 6.07) is 4.68. The number of Topliss-reactive ketones (excluding diaryl/α,β-unsaturated/α-hetero) is 1. The van der Waals surface area contributed by atoms with Gasteiger partial charge in [-0.25, -0.2) is 4.39 Å². The van der Waals surface area contributed by atoms with Crippen LogP contribution in [0.15, 0.2) is 22.6 Å². The number of hydrogen-bond donors (Lipinski definition) is 0. The van der Waals surface area contributed by atoms with E-state index in [0.29, 0.717) is 5.39 Å². The third kappa shape index (κ3) is 1.43. The monoisotopic (exact) mass is 238 g/mol. The first-order valence-corrected chi connectivity index (χ1v) is 5.46. The third-order valence-electron chi connectivity index (χ3n) is 2.77. The number of fused-ring (bicyclic) bond motifs is 1. The molecule has 0 N–H and O–H groups in total. The van der Waals surface area contributed by atoms with E-state index in [1.807, 2.05) is 0 Å². The van der Waals surface area contributed by atoms with E-state index in [-0.39, 0.29) is 28.1 Å². The molecule has 1 aliphatic carbocycles. The molecule has 0 spiro atoms. The number of ketones is 1. The molecule has 0 amide bonds. The third-order valence-corrected chi connectivity index (χ3v) is 3.06. The van der Waals surface area contributed by atoms with Crippen molar-refractivity contribution in [3.63, 3.8) is 0 Å². The zero-order chi connectivity index (χ0) is 11.3. The number of benzene rings is 1. The van der Waals surface area contributed by atoms with Crippen LogP contribution in [0.2, 0.25) is 5.02 Å². The highest BCUT2D eigenvalue weighted by Crippen LogP contribution is 2.35. The molecule has 1 aromatic heterocycles. The van der Waals surface area contributed by atoms with Gasteiger partial charge in [-0.3, -0.25) is 4.79 Å². The van der Waals surface area contributed by atoms with Crippen molar-refractivity contribution in [3.05, 3.63) is 34.8 Å². The van der Waals surface area contributed by atoms with Crippen molar-refractivity contribution in [2.24, 2.45) is 5.92 Å². The summed E-state index contributed by atoms with van der Waals surface area (Å²) < 4.78 is 18.8. The molecule has 1 saturated carbocycles. The van der Waals surface area contributed by atoms with Crippen LogP contribution in [0.1, 0.15) is 23.4 Å². The van der Waals surface area contributed by atoms with Crippen LogP contribution in [0.5, 0.6) is 0 Å². The van der Waals surface area contributed by atoms with Gasteiger partial charge in [0.1, 0.15) is 0 Å². The summed E-state index contributed by atoms with van der Waals surface area (Å²) >= 11 is 5.63. The number of rotatable bonds is 2. The van der Waals surface area contributed by atoms with Gasteiger partial charge in [0.2, 0.25) is 5.78 Å². The molecule has 4 heteroatoms. The van der Waals surface area contributed by atoms with Crippen molar-refractivity contribution in [3.8, 4) is 0 Å². The molecular weight excluding hydrogens is 231 g/mol. The van der Waals surface area contributed by atoms with Gasteiger partial charge in [-0.2, -0.15) is 0 Å².